The van der Waals surface area contributed by atoms with E-state index >= 15 is 0 Å². The van der Waals surface area contributed by atoms with Crippen LogP contribution in [0.25, 0.3) is 11.2 Å². The van der Waals surface area contributed by atoms with Gasteiger partial charge in [-0.05, 0) is 17.7 Å². The fourth-order valence-electron chi connectivity index (χ4n) is 3.07. The van der Waals surface area contributed by atoms with E-state index in [1.54, 1.807) is 0 Å². The summed E-state index contributed by atoms with van der Waals surface area (Å²) < 4.78 is 7.07. The zero-order valence-corrected chi connectivity index (χ0v) is 14.9. The number of anilines is 1. The van der Waals surface area contributed by atoms with Gasteiger partial charge in [-0.25, -0.2) is 15.0 Å². The van der Waals surface area contributed by atoms with Crippen LogP contribution in [-0.4, -0.2) is 59.8 Å². The molecule has 27 heavy (non-hydrogen) atoms. The smallest absolute Gasteiger partial charge is 0.167 e. The van der Waals surface area contributed by atoms with E-state index in [4.69, 9.17) is 16.3 Å². The Hall–Kier alpha value is -2.30. The van der Waals surface area contributed by atoms with Gasteiger partial charge in [0.1, 0.15) is 24.6 Å². The molecule has 1 fully saturated rings. The van der Waals surface area contributed by atoms with Gasteiger partial charge in [-0.1, -0.05) is 23.7 Å². The van der Waals surface area contributed by atoms with Crippen molar-refractivity contribution >= 4 is 28.6 Å². The first-order valence-electron chi connectivity index (χ1n) is 8.37. The number of rotatable bonds is 5. The minimum atomic E-state index is -1.21. The zero-order chi connectivity index (χ0) is 19.0. The molecule has 1 aromatic carbocycles. The summed E-state index contributed by atoms with van der Waals surface area (Å²) in [6.07, 6.45) is -1.33. The predicted molar refractivity (Wildman–Crippen MR) is 97.1 cm³/mol. The van der Waals surface area contributed by atoms with Crippen LogP contribution < -0.4 is 5.32 Å². The van der Waals surface area contributed by atoms with Crippen LogP contribution in [0.1, 0.15) is 11.8 Å². The van der Waals surface area contributed by atoms with Gasteiger partial charge in [-0.15, -0.1) is 0 Å². The van der Waals surface area contributed by atoms with Crippen molar-refractivity contribution in [1.82, 2.24) is 19.5 Å². The number of hydrogen-bond acceptors (Lipinski definition) is 8. The Kier molecular flexibility index (Phi) is 4.94. The molecule has 9 nitrogen and oxygen atoms in total. The van der Waals surface area contributed by atoms with Crippen LogP contribution in [0.3, 0.4) is 0 Å². The maximum Gasteiger partial charge on any atom is 0.167 e. The van der Waals surface area contributed by atoms with Crippen LogP contribution in [0.4, 0.5) is 5.82 Å². The first-order chi connectivity index (χ1) is 13.1. The third-order valence-electron chi connectivity index (χ3n) is 4.52. The number of aliphatic hydroxyl groups excluding tert-OH is 3. The molecule has 0 bridgehead atoms. The van der Waals surface area contributed by atoms with E-state index in [1.807, 2.05) is 24.3 Å². The Balaban J connectivity index is 1.59. The number of imidazole rings is 1. The summed E-state index contributed by atoms with van der Waals surface area (Å²) in [7, 11) is 0. The van der Waals surface area contributed by atoms with E-state index in [2.05, 4.69) is 20.3 Å². The van der Waals surface area contributed by atoms with Crippen molar-refractivity contribution in [3.05, 3.63) is 47.5 Å². The number of fused-ring (bicyclic) bond motifs is 1. The number of nitrogens with zero attached hydrogens (tertiary/aromatic N) is 4. The number of ether oxygens (including phenoxy) is 1. The molecule has 0 aliphatic carbocycles. The molecule has 142 valence electrons. The SMILES string of the molecule is OC[C@H]1O[C@@H](n2cnc3c(NCc4ccc(Cl)cc4)ncnc32)[C@@H](O)[C@@H]1O. The molecule has 10 heteroatoms. The number of halogens is 1. The molecule has 4 N–H and O–H groups in total. The molecule has 2 aromatic heterocycles. The molecule has 1 aliphatic rings. The molecule has 3 aromatic rings. The van der Waals surface area contributed by atoms with Crippen LogP contribution in [0, 0.1) is 0 Å². The highest BCUT2D eigenvalue weighted by molar-refractivity contribution is 6.30. The number of aromatic nitrogens is 4. The van der Waals surface area contributed by atoms with Crippen LogP contribution in [0.15, 0.2) is 36.9 Å². The molecule has 0 radical (unpaired) electrons. The Labute approximate surface area is 159 Å². The van der Waals surface area contributed by atoms with Crippen molar-refractivity contribution < 1.29 is 20.1 Å². The number of benzene rings is 1. The van der Waals surface area contributed by atoms with Gasteiger partial charge in [0.25, 0.3) is 0 Å². The first-order valence-corrected chi connectivity index (χ1v) is 8.74. The fourth-order valence-corrected chi connectivity index (χ4v) is 3.19. The molecular weight excluding hydrogens is 374 g/mol. The summed E-state index contributed by atoms with van der Waals surface area (Å²) in [5.41, 5.74) is 1.97. The highest BCUT2D eigenvalue weighted by Gasteiger charge is 2.44. The molecule has 4 rings (SSSR count). The molecular formula is C17H18ClN5O4. The monoisotopic (exact) mass is 391 g/mol. The van der Waals surface area contributed by atoms with Gasteiger partial charge < -0.3 is 25.4 Å². The maximum atomic E-state index is 10.2. The van der Waals surface area contributed by atoms with Crippen molar-refractivity contribution in [2.24, 2.45) is 0 Å². The van der Waals surface area contributed by atoms with Gasteiger partial charge in [0.05, 0.1) is 12.9 Å². The lowest BCUT2D eigenvalue weighted by atomic mass is 10.1. The molecule has 0 saturated carbocycles. The third-order valence-corrected chi connectivity index (χ3v) is 4.78. The van der Waals surface area contributed by atoms with Crippen LogP contribution in [0.5, 0.6) is 0 Å². The predicted octanol–water partition coefficient (Wildman–Crippen LogP) is 0.703. The largest absolute Gasteiger partial charge is 0.394 e. The molecule has 4 atom stereocenters. The molecule has 0 unspecified atom stereocenters. The summed E-state index contributed by atoms with van der Waals surface area (Å²) in [6.45, 7) is 0.119. The normalized spacial score (nSPS) is 25.2. The molecule has 1 aliphatic heterocycles. The molecule has 1 saturated heterocycles. The number of hydrogen-bond donors (Lipinski definition) is 4. The van der Waals surface area contributed by atoms with E-state index in [-0.39, 0.29) is 0 Å². The van der Waals surface area contributed by atoms with E-state index in [1.165, 1.54) is 17.2 Å². The van der Waals surface area contributed by atoms with Gasteiger partial charge >= 0.3 is 0 Å². The van der Waals surface area contributed by atoms with E-state index in [0.29, 0.717) is 28.5 Å². The van der Waals surface area contributed by atoms with Crippen LogP contribution in [0.2, 0.25) is 5.02 Å². The second kappa shape index (κ2) is 7.37. The summed E-state index contributed by atoms with van der Waals surface area (Å²) in [6, 6.07) is 7.44. The second-order valence-electron chi connectivity index (χ2n) is 6.26. The van der Waals surface area contributed by atoms with Gasteiger partial charge in [0.15, 0.2) is 23.2 Å². The van der Waals surface area contributed by atoms with Crippen molar-refractivity contribution in [2.45, 2.75) is 31.1 Å². The van der Waals surface area contributed by atoms with E-state index < -0.39 is 31.1 Å². The highest BCUT2D eigenvalue weighted by Crippen LogP contribution is 2.32. The van der Waals surface area contributed by atoms with Crippen molar-refractivity contribution in [2.75, 3.05) is 11.9 Å². The van der Waals surface area contributed by atoms with Crippen molar-refractivity contribution in [3.63, 3.8) is 0 Å². The standard InChI is InChI=1S/C17H18ClN5O4/c18-10-3-1-9(2-4-10)5-19-15-12-16(21-7-20-15)23(8-22-12)17-14(26)13(25)11(6-24)27-17/h1-4,7-8,11,13-14,17,24-26H,5-6H2,(H,19,20,21)/t11-,13-,14+,17-/m1/s1. The number of aliphatic hydroxyl groups is 3. The Morgan fingerprint density at radius 3 is 2.59 bits per heavy atom. The van der Waals surface area contributed by atoms with Crippen molar-refractivity contribution in [3.8, 4) is 0 Å². The molecule has 0 amide bonds. The van der Waals surface area contributed by atoms with Gasteiger partial charge in [0.2, 0.25) is 0 Å². The first kappa shape index (κ1) is 18.1. The lowest BCUT2D eigenvalue weighted by molar-refractivity contribution is -0.0511. The van der Waals surface area contributed by atoms with Gasteiger partial charge in [-0.2, -0.15) is 0 Å². The average molecular weight is 392 g/mol. The molecule has 0 spiro atoms. The number of nitrogens with one attached hydrogen (secondary N) is 1. The topological polar surface area (TPSA) is 126 Å². The van der Waals surface area contributed by atoms with Gasteiger partial charge in [0, 0.05) is 11.6 Å². The zero-order valence-electron chi connectivity index (χ0n) is 14.1. The van der Waals surface area contributed by atoms with Crippen LogP contribution >= 0.6 is 11.6 Å². The Bertz CT molecular complexity index is 935. The quantitative estimate of drug-likeness (QED) is 0.501. The summed E-state index contributed by atoms with van der Waals surface area (Å²) in [5.74, 6) is 0.528. The van der Waals surface area contributed by atoms with Gasteiger partial charge in [-0.3, -0.25) is 4.57 Å². The van der Waals surface area contributed by atoms with E-state index in [0.717, 1.165) is 5.56 Å². The summed E-state index contributed by atoms with van der Waals surface area (Å²) in [5, 5.41) is 33.3. The summed E-state index contributed by atoms with van der Waals surface area (Å²) in [4.78, 5) is 12.8. The van der Waals surface area contributed by atoms with Crippen molar-refractivity contribution in [1.29, 1.82) is 0 Å². The lowest BCUT2D eigenvalue weighted by Crippen LogP contribution is -2.33. The highest BCUT2D eigenvalue weighted by atomic mass is 35.5. The molecule has 3 heterocycles. The third kappa shape index (κ3) is 3.35. The average Bonchev–Trinajstić information content (AvgIpc) is 3.23. The Morgan fingerprint density at radius 2 is 1.89 bits per heavy atom. The van der Waals surface area contributed by atoms with Crippen LogP contribution in [-0.2, 0) is 11.3 Å². The minimum Gasteiger partial charge on any atom is -0.394 e. The van der Waals surface area contributed by atoms with E-state index in [9.17, 15) is 15.3 Å². The minimum absolute atomic E-state index is 0.399. The maximum absolute atomic E-state index is 10.2. The summed E-state index contributed by atoms with van der Waals surface area (Å²) >= 11 is 5.90. The lowest BCUT2D eigenvalue weighted by Gasteiger charge is -2.16. The Morgan fingerprint density at radius 1 is 1.11 bits per heavy atom. The fraction of sp³-hybridized carbons (Fsp3) is 0.353. The second-order valence-corrected chi connectivity index (χ2v) is 6.69.